The van der Waals surface area contributed by atoms with E-state index in [4.69, 9.17) is 0 Å². The first-order valence-electron chi connectivity index (χ1n) is 10.4. The average Bonchev–Trinajstić information content (AvgIpc) is 2.68. The van der Waals surface area contributed by atoms with Crippen LogP contribution in [0.2, 0.25) is 0 Å². The van der Waals surface area contributed by atoms with E-state index >= 15 is 0 Å². The Bertz CT molecular complexity index is 647. The number of nitrogens with one attached hydrogen (secondary N) is 2. The van der Waals surface area contributed by atoms with Gasteiger partial charge in [0, 0.05) is 17.4 Å². The van der Waals surface area contributed by atoms with Gasteiger partial charge in [-0.2, -0.15) is 0 Å². The Kier molecular flexibility index (Phi) is 12.5. The zero-order valence-electron chi connectivity index (χ0n) is 17.1. The predicted octanol–water partition coefficient (Wildman–Crippen LogP) is 5.63. The lowest BCUT2D eigenvalue weighted by Gasteiger charge is -2.11. The van der Waals surface area contributed by atoms with Crippen molar-refractivity contribution in [3.63, 3.8) is 0 Å². The van der Waals surface area contributed by atoms with Crippen molar-refractivity contribution in [3.8, 4) is 0 Å². The van der Waals surface area contributed by atoms with Gasteiger partial charge in [-0.1, -0.05) is 74.7 Å². The molecule has 0 spiro atoms. The fourth-order valence-electron chi connectivity index (χ4n) is 2.87. The highest BCUT2D eigenvalue weighted by molar-refractivity contribution is 9.10. The second kappa shape index (κ2) is 14.3. The number of hydrogen-bond donors (Lipinski definition) is 2. The molecule has 1 aromatic carbocycles. The Morgan fingerprint density at radius 1 is 0.893 bits per heavy atom. The predicted molar refractivity (Wildman–Crippen MR) is 118 cm³/mol. The third kappa shape index (κ3) is 9.49. The summed E-state index contributed by atoms with van der Waals surface area (Å²) >= 11 is 3.33. The molecule has 0 saturated heterocycles. The lowest BCUT2D eigenvalue weighted by atomic mass is 10.1. The number of amides is 2. The number of carbonyl (C=O) groups excluding carboxylic acids is 3. The van der Waals surface area contributed by atoms with E-state index in [2.05, 4.69) is 40.4 Å². The van der Waals surface area contributed by atoms with Gasteiger partial charge in [0.25, 0.3) is 11.7 Å². The first-order valence-corrected chi connectivity index (χ1v) is 11.2. The normalized spacial score (nSPS) is 10.5. The maximum absolute atomic E-state index is 12.6. The molecule has 0 fully saturated rings. The smallest absolute Gasteiger partial charge is 0.292 e. The molecule has 0 aliphatic carbocycles. The molecular weight excluding hydrogens is 420 g/mol. The summed E-state index contributed by atoms with van der Waals surface area (Å²) < 4.78 is 0.684. The molecule has 0 aliphatic heterocycles. The molecule has 0 heterocycles. The molecule has 156 valence electrons. The molecule has 0 atom stereocenters. The third-order valence-electron chi connectivity index (χ3n) is 4.53. The highest BCUT2D eigenvalue weighted by atomic mass is 79.9. The quantitative estimate of drug-likeness (QED) is 0.218. The number of anilines is 1. The zero-order chi connectivity index (χ0) is 20.8. The van der Waals surface area contributed by atoms with E-state index in [0.717, 1.165) is 51.4 Å². The van der Waals surface area contributed by atoms with E-state index in [9.17, 15) is 14.4 Å². The first kappa shape index (κ1) is 24.3. The average molecular weight is 453 g/mol. The lowest BCUT2D eigenvalue weighted by Crippen LogP contribution is -2.32. The van der Waals surface area contributed by atoms with Crippen LogP contribution in [0.1, 0.15) is 88.4 Å². The van der Waals surface area contributed by atoms with Gasteiger partial charge in [-0.05, 0) is 31.0 Å². The lowest BCUT2D eigenvalue weighted by molar-refractivity contribution is -0.117. The van der Waals surface area contributed by atoms with Crippen molar-refractivity contribution < 1.29 is 14.4 Å². The van der Waals surface area contributed by atoms with Gasteiger partial charge in [0.05, 0.1) is 11.3 Å². The number of carbonyl (C=O) groups is 3. The number of Topliss-reactive ketones (excluding diaryl/α,β-unsaturated/α-hetero) is 1. The van der Waals surface area contributed by atoms with Gasteiger partial charge in [0.15, 0.2) is 0 Å². The molecule has 5 nitrogen and oxygen atoms in total. The molecule has 0 bridgehead atoms. The molecular formula is C22H33BrN2O3. The first-order chi connectivity index (χ1) is 13.5. The van der Waals surface area contributed by atoms with Crippen LogP contribution in [0.15, 0.2) is 22.7 Å². The fourth-order valence-corrected chi connectivity index (χ4v) is 3.23. The largest absolute Gasteiger partial charge is 0.349 e. The molecule has 0 unspecified atom stereocenters. The van der Waals surface area contributed by atoms with Crippen molar-refractivity contribution in [1.29, 1.82) is 0 Å². The van der Waals surface area contributed by atoms with Crippen LogP contribution in [-0.4, -0.2) is 24.1 Å². The van der Waals surface area contributed by atoms with E-state index in [0.29, 0.717) is 23.1 Å². The van der Waals surface area contributed by atoms with Crippen LogP contribution in [0, 0.1) is 0 Å². The van der Waals surface area contributed by atoms with Crippen LogP contribution >= 0.6 is 15.9 Å². The zero-order valence-corrected chi connectivity index (χ0v) is 18.7. The number of rotatable bonds is 14. The van der Waals surface area contributed by atoms with Crippen LogP contribution in [0.4, 0.5) is 5.69 Å². The van der Waals surface area contributed by atoms with E-state index in [1.54, 1.807) is 18.2 Å². The molecule has 0 radical (unpaired) electrons. The van der Waals surface area contributed by atoms with E-state index in [-0.39, 0.29) is 11.5 Å². The maximum atomic E-state index is 12.6. The topological polar surface area (TPSA) is 75.3 Å². The monoisotopic (exact) mass is 452 g/mol. The van der Waals surface area contributed by atoms with Crippen LogP contribution in [-0.2, 0) is 9.59 Å². The van der Waals surface area contributed by atoms with Crippen molar-refractivity contribution in [2.45, 2.75) is 78.1 Å². The summed E-state index contributed by atoms with van der Waals surface area (Å²) in [5.74, 6) is -1.40. The molecule has 0 saturated carbocycles. The Labute approximate surface area is 177 Å². The molecule has 1 rings (SSSR count). The van der Waals surface area contributed by atoms with Gasteiger partial charge in [-0.15, -0.1) is 0 Å². The number of hydrogen-bond acceptors (Lipinski definition) is 3. The van der Waals surface area contributed by atoms with Gasteiger partial charge in [-0.3, -0.25) is 14.4 Å². The summed E-state index contributed by atoms with van der Waals surface area (Å²) in [5.41, 5.74) is 0.590. The van der Waals surface area contributed by atoms with E-state index in [1.165, 1.54) is 6.42 Å². The molecule has 6 heteroatoms. The Morgan fingerprint density at radius 2 is 1.54 bits per heavy atom. The molecule has 0 aromatic heterocycles. The number of benzene rings is 1. The van der Waals surface area contributed by atoms with Crippen LogP contribution in [0.5, 0.6) is 0 Å². The Balaban J connectivity index is 2.63. The van der Waals surface area contributed by atoms with Crippen molar-refractivity contribution >= 4 is 39.2 Å². The van der Waals surface area contributed by atoms with Gasteiger partial charge in [-0.25, -0.2) is 0 Å². The molecule has 28 heavy (non-hydrogen) atoms. The third-order valence-corrected chi connectivity index (χ3v) is 5.02. The highest BCUT2D eigenvalue weighted by Gasteiger charge is 2.20. The minimum absolute atomic E-state index is 0.132. The summed E-state index contributed by atoms with van der Waals surface area (Å²) in [4.78, 5) is 37.0. The summed E-state index contributed by atoms with van der Waals surface area (Å²) in [7, 11) is 0. The second-order valence-corrected chi connectivity index (χ2v) is 7.96. The number of halogens is 1. The second-order valence-electron chi connectivity index (χ2n) is 7.05. The van der Waals surface area contributed by atoms with Crippen molar-refractivity contribution in [1.82, 2.24) is 5.32 Å². The molecule has 2 N–H and O–H groups in total. The van der Waals surface area contributed by atoms with E-state index < -0.39 is 11.7 Å². The maximum Gasteiger partial charge on any atom is 0.292 e. The number of unbranched alkanes of at least 4 members (excludes halogenated alkanes) is 7. The van der Waals surface area contributed by atoms with Crippen LogP contribution in [0.3, 0.4) is 0 Å². The molecule has 1 aromatic rings. The number of ketones is 1. The molecule has 0 aliphatic rings. The summed E-state index contributed by atoms with van der Waals surface area (Å²) in [6.45, 7) is 4.76. The highest BCUT2D eigenvalue weighted by Crippen LogP contribution is 2.22. The minimum Gasteiger partial charge on any atom is -0.349 e. The van der Waals surface area contributed by atoms with Gasteiger partial charge in [0.1, 0.15) is 0 Å². The summed E-state index contributed by atoms with van der Waals surface area (Å²) in [5, 5.41) is 5.46. The summed E-state index contributed by atoms with van der Waals surface area (Å²) in [6.07, 6.45) is 9.85. The van der Waals surface area contributed by atoms with E-state index in [1.807, 2.05) is 0 Å². The van der Waals surface area contributed by atoms with Crippen molar-refractivity contribution in [2.75, 3.05) is 11.9 Å². The van der Waals surface area contributed by atoms with Crippen molar-refractivity contribution in [3.05, 3.63) is 28.2 Å². The van der Waals surface area contributed by atoms with Crippen LogP contribution in [0.25, 0.3) is 0 Å². The van der Waals surface area contributed by atoms with Crippen molar-refractivity contribution in [2.24, 2.45) is 0 Å². The van der Waals surface area contributed by atoms with Gasteiger partial charge < -0.3 is 10.6 Å². The fraction of sp³-hybridized carbons (Fsp3) is 0.591. The SMILES string of the molecule is CCCCCCCC(=O)Nc1ccc(Br)cc1C(=O)C(=O)NCCCCCC. The minimum atomic E-state index is -0.635. The Hall–Kier alpha value is -1.69. The van der Waals surface area contributed by atoms with Gasteiger partial charge >= 0.3 is 0 Å². The standard InChI is InChI=1S/C22H33BrN2O3/c1-3-5-7-9-10-12-20(26)25-19-14-13-17(23)16-18(19)21(27)22(28)24-15-11-8-6-4-2/h13-14,16H,3-12,15H2,1-2H3,(H,24,28)(H,25,26). The van der Waals surface area contributed by atoms with Crippen LogP contribution < -0.4 is 10.6 Å². The van der Waals surface area contributed by atoms with Gasteiger partial charge in [0.2, 0.25) is 5.91 Å². The Morgan fingerprint density at radius 3 is 2.21 bits per heavy atom. The summed E-state index contributed by atoms with van der Waals surface area (Å²) in [6, 6.07) is 4.98. The molecule has 2 amide bonds.